The van der Waals surface area contributed by atoms with E-state index < -0.39 is 0 Å². The first-order valence-electron chi connectivity index (χ1n) is 5.62. The first-order valence-corrected chi connectivity index (χ1v) is 5.62. The minimum Gasteiger partial charge on any atom is -0.382 e. The number of hydrogen-bond acceptors (Lipinski definition) is 2. The molecule has 15 heavy (non-hydrogen) atoms. The highest BCUT2D eigenvalue weighted by Crippen LogP contribution is 2.17. The zero-order chi connectivity index (χ0) is 11.3. The summed E-state index contributed by atoms with van der Waals surface area (Å²) >= 11 is 0. The quantitative estimate of drug-likeness (QED) is 0.797. The van der Waals surface area contributed by atoms with Crippen LogP contribution in [0.25, 0.3) is 0 Å². The second kappa shape index (κ2) is 5.76. The lowest BCUT2D eigenvalue weighted by Crippen LogP contribution is -2.17. The molecule has 0 aliphatic rings. The first-order chi connectivity index (χ1) is 7.13. The molecule has 0 fully saturated rings. The van der Waals surface area contributed by atoms with Crippen molar-refractivity contribution >= 4 is 5.69 Å². The van der Waals surface area contributed by atoms with Gasteiger partial charge in [0.15, 0.2) is 0 Å². The van der Waals surface area contributed by atoms with Crippen molar-refractivity contribution in [1.82, 2.24) is 4.90 Å². The van der Waals surface area contributed by atoms with E-state index in [1.807, 2.05) is 0 Å². The summed E-state index contributed by atoms with van der Waals surface area (Å²) in [6.45, 7) is 5.40. The van der Waals surface area contributed by atoms with Crippen LogP contribution in [0.5, 0.6) is 0 Å². The lowest BCUT2D eigenvalue weighted by molar-refractivity contribution is 0.403. The van der Waals surface area contributed by atoms with Gasteiger partial charge in [0.25, 0.3) is 0 Å². The molecule has 2 heteroatoms. The van der Waals surface area contributed by atoms with E-state index in [4.69, 9.17) is 0 Å². The predicted molar refractivity (Wildman–Crippen MR) is 67.2 cm³/mol. The standard InChI is InChI=1S/C13H22N2/c1-5-11(2)14-13-9-7-6-8-12(13)10-15(3)4/h6-9,11,14H,5,10H2,1-4H3. The molecule has 1 aromatic rings. The van der Waals surface area contributed by atoms with Crippen LogP contribution in [-0.2, 0) is 6.54 Å². The molecule has 0 aliphatic carbocycles. The van der Waals surface area contributed by atoms with Crippen molar-refractivity contribution in [1.29, 1.82) is 0 Å². The van der Waals surface area contributed by atoms with Gasteiger partial charge in [-0.15, -0.1) is 0 Å². The average Bonchev–Trinajstić information content (AvgIpc) is 2.20. The third-order valence-corrected chi connectivity index (χ3v) is 2.52. The van der Waals surface area contributed by atoms with Gasteiger partial charge in [0.05, 0.1) is 0 Å². The number of rotatable bonds is 5. The van der Waals surface area contributed by atoms with E-state index in [1.54, 1.807) is 0 Å². The Morgan fingerprint density at radius 2 is 1.93 bits per heavy atom. The van der Waals surface area contributed by atoms with Crippen molar-refractivity contribution < 1.29 is 0 Å². The Morgan fingerprint density at radius 3 is 2.53 bits per heavy atom. The van der Waals surface area contributed by atoms with Crippen molar-refractivity contribution in [2.24, 2.45) is 0 Å². The van der Waals surface area contributed by atoms with Crippen LogP contribution in [0.15, 0.2) is 24.3 Å². The number of nitrogens with one attached hydrogen (secondary N) is 1. The monoisotopic (exact) mass is 206 g/mol. The van der Waals surface area contributed by atoms with Crippen molar-refractivity contribution in [2.75, 3.05) is 19.4 Å². The van der Waals surface area contributed by atoms with Crippen LogP contribution < -0.4 is 5.32 Å². The van der Waals surface area contributed by atoms with Crippen LogP contribution in [0.3, 0.4) is 0 Å². The summed E-state index contributed by atoms with van der Waals surface area (Å²) in [6.07, 6.45) is 1.15. The number of para-hydroxylation sites is 1. The van der Waals surface area contributed by atoms with Gasteiger partial charge >= 0.3 is 0 Å². The molecule has 0 saturated heterocycles. The minimum atomic E-state index is 0.535. The largest absolute Gasteiger partial charge is 0.382 e. The molecule has 1 rings (SSSR count). The van der Waals surface area contributed by atoms with E-state index in [2.05, 4.69) is 62.4 Å². The molecule has 0 aliphatic heterocycles. The van der Waals surface area contributed by atoms with Crippen LogP contribution in [0.1, 0.15) is 25.8 Å². The predicted octanol–water partition coefficient (Wildman–Crippen LogP) is 2.96. The number of nitrogens with zero attached hydrogens (tertiary/aromatic N) is 1. The summed E-state index contributed by atoms with van der Waals surface area (Å²) in [4.78, 5) is 2.19. The van der Waals surface area contributed by atoms with Crippen LogP contribution >= 0.6 is 0 Å². The Bertz CT molecular complexity index is 294. The molecule has 0 aromatic heterocycles. The summed E-state index contributed by atoms with van der Waals surface area (Å²) in [5, 5.41) is 3.54. The summed E-state index contributed by atoms with van der Waals surface area (Å²) in [5.74, 6) is 0. The van der Waals surface area contributed by atoms with E-state index in [0.29, 0.717) is 6.04 Å². The lowest BCUT2D eigenvalue weighted by atomic mass is 10.1. The molecule has 84 valence electrons. The molecule has 1 N–H and O–H groups in total. The zero-order valence-corrected chi connectivity index (χ0v) is 10.2. The smallest absolute Gasteiger partial charge is 0.0387 e. The maximum absolute atomic E-state index is 3.54. The summed E-state index contributed by atoms with van der Waals surface area (Å²) in [5.41, 5.74) is 2.63. The minimum absolute atomic E-state index is 0.535. The van der Waals surface area contributed by atoms with Crippen molar-refractivity contribution in [3.8, 4) is 0 Å². The van der Waals surface area contributed by atoms with Gasteiger partial charge in [-0.3, -0.25) is 0 Å². The summed E-state index contributed by atoms with van der Waals surface area (Å²) < 4.78 is 0. The molecule has 0 radical (unpaired) electrons. The number of anilines is 1. The highest BCUT2D eigenvalue weighted by molar-refractivity contribution is 5.51. The molecular weight excluding hydrogens is 184 g/mol. The average molecular weight is 206 g/mol. The molecule has 0 heterocycles. The van der Waals surface area contributed by atoms with Crippen molar-refractivity contribution in [2.45, 2.75) is 32.9 Å². The first kappa shape index (κ1) is 12.1. The van der Waals surface area contributed by atoms with E-state index in [1.165, 1.54) is 11.3 Å². The van der Waals surface area contributed by atoms with E-state index in [-0.39, 0.29) is 0 Å². The molecule has 2 nitrogen and oxygen atoms in total. The van der Waals surface area contributed by atoms with Gasteiger partial charge in [0, 0.05) is 18.3 Å². The van der Waals surface area contributed by atoms with Crippen molar-refractivity contribution in [3.05, 3.63) is 29.8 Å². The third kappa shape index (κ3) is 3.92. The molecule has 1 unspecified atom stereocenters. The Kier molecular flexibility index (Phi) is 4.63. The summed E-state index contributed by atoms with van der Waals surface area (Å²) in [6, 6.07) is 9.06. The van der Waals surface area contributed by atoms with E-state index >= 15 is 0 Å². The van der Waals surface area contributed by atoms with Crippen molar-refractivity contribution in [3.63, 3.8) is 0 Å². The topological polar surface area (TPSA) is 15.3 Å². The highest BCUT2D eigenvalue weighted by atomic mass is 15.1. The number of benzene rings is 1. The fourth-order valence-electron chi connectivity index (χ4n) is 1.51. The number of hydrogen-bond donors (Lipinski definition) is 1. The zero-order valence-electron chi connectivity index (χ0n) is 10.2. The summed E-state index contributed by atoms with van der Waals surface area (Å²) in [7, 11) is 4.19. The third-order valence-electron chi connectivity index (χ3n) is 2.52. The SMILES string of the molecule is CCC(C)Nc1ccccc1CN(C)C. The molecule has 0 saturated carbocycles. The van der Waals surface area contributed by atoms with Crippen LogP contribution in [-0.4, -0.2) is 25.0 Å². The lowest BCUT2D eigenvalue weighted by Gasteiger charge is -2.18. The maximum atomic E-state index is 3.54. The van der Waals surface area contributed by atoms with E-state index in [9.17, 15) is 0 Å². The fraction of sp³-hybridized carbons (Fsp3) is 0.538. The molecule has 1 atom stereocenters. The van der Waals surface area contributed by atoms with Gasteiger partial charge < -0.3 is 10.2 Å². The van der Waals surface area contributed by atoms with Gasteiger partial charge in [-0.05, 0) is 39.1 Å². The van der Waals surface area contributed by atoms with Gasteiger partial charge in [0.1, 0.15) is 0 Å². The fourth-order valence-corrected chi connectivity index (χ4v) is 1.51. The van der Waals surface area contributed by atoms with Gasteiger partial charge in [-0.1, -0.05) is 25.1 Å². The Balaban J connectivity index is 2.76. The second-order valence-corrected chi connectivity index (χ2v) is 4.35. The van der Waals surface area contributed by atoms with Crippen LogP contribution in [0.4, 0.5) is 5.69 Å². The Labute approximate surface area is 93.3 Å². The maximum Gasteiger partial charge on any atom is 0.0387 e. The van der Waals surface area contributed by atoms with Gasteiger partial charge in [-0.2, -0.15) is 0 Å². The molecule has 0 amide bonds. The van der Waals surface area contributed by atoms with Gasteiger partial charge in [-0.25, -0.2) is 0 Å². The van der Waals surface area contributed by atoms with Gasteiger partial charge in [0.2, 0.25) is 0 Å². The second-order valence-electron chi connectivity index (χ2n) is 4.35. The Hall–Kier alpha value is -1.02. The normalized spacial score (nSPS) is 12.9. The van der Waals surface area contributed by atoms with Crippen LogP contribution in [0, 0.1) is 0 Å². The highest BCUT2D eigenvalue weighted by Gasteiger charge is 2.04. The molecule has 0 spiro atoms. The molecular formula is C13H22N2. The molecule has 0 bridgehead atoms. The molecule has 1 aromatic carbocycles. The van der Waals surface area contributed by atoms with E-state index in [0.717, 1.165) is 13.0 Å². The van der Waals surface area contributed by atoms with Crippen LogP contribution in [0.2, 0.25) is 0 Å². The Morgan fingerprint density at radius 1 is 1.27 bits per heavy atom.